The van der Waals surface area contributed by atoms with Gasteiger partial charge in [0.15, 0.2) is 0 Å². The zero-order valence-electron chi connectivity index (χ0n) is 8.04. The average Bonchev–Trinajstić information content (AvgIpc) is 2.20. The highest BCUT2D eigenvalue weighted by Gasteiger charge is 2.16. The van der Waals surface area contributed by atoms with Crippen molar-refractivity contribution >= 4 is 37.8 Å². The number of pyridine rings is 1. The molecule has 0 aliphatic heterocycles. The van der Waals surface area contributed by atoms with Gasteiger partial charge in [0, 0.05) is 21.6 Å². The van der Waals surface area contributed by atoms with Crippen LogP contribution in [0.25, 0.3) is 0 Å². The molecule has 15 heavy (non-hydrogen) atoms. The van der Waals surface area contributed by atoms with Crippen LogP contribution in [0.4, 0.5) is 0 Å². The Labute approximate surface area is 104 Å². The van der Waals surface area contributed by atoms with Crippen LogP contribution in [0.2, 0.25) is 0 Å². The quantitative estimate of drug-likeness (QED) is 0.852. The van der Waals surface area contributed by atoms with Crippen LogP contribution in [-0.4, -0.2) is 24.1 Å². The van der Waals surface area contributed by atoms with Gasteiger partial charge in [-0.1, -0.05) is 0 Å². The van der Waals surface area contributed by atoms with Crippen LogP contribution in [0.15, 0.2) is 21.2 Å². The minimum Gasteiger partial charge on any atom is -0.468 e. The van der Waals surface area contributed by atoms with E-state index in [0.717, 1.165) is 14.6 Å². The summed E-state index contributed by atoms with van der Waals surface area (Å²) < 4.78 is 6.21. The van der Waals surface area contributed by atoms with Gasteiger partial charge in [-0.15, -0.1) is 0 Å². The van der Waals surface area contributed by atoms with Crippen LogP contribution in [0.5, 0.6) is 0 Å². The lowest BCUT2D eigenvalue weighted by molar-refractivity contribution is -0.142. The number of halogens is 2. The summed E-state index contributed by atoms with van der Waals surface area (Å²) in [4.78, 5) is 15.2. The van der Waals surface area contributed by atoms with E-state index in [0.29, 0.717) is 6.42 Å². The molecule has 6 heteroatoms. The second-order valence-electron chi connectivity index (χ2n) is 2.92. The Morgan fingerprint density at radius 2 is 2.33 bits per heavy atom. The van der Waals surface area contributed by atoms with E-state index in [1.807, 2.05) is 6.07 Å². The Morgan fingerprint density at radius 3 is 2.87 bits per heavy atom. The van der Waals surface area contributed by atoms with Crippen LogP contribution >= 0.6 is 31.9 Å². The molecule has 1 rings (SSSR count). The first-order valence-corrected chi connectivity index (χ1v) is 5.76. The van der Waals surface area contributed by atoms with E-state index in [4.69, 9.17) is 5.73 Å². The fourth-order valence-electron chi connectivity index (χ4n) is 1.04. The van der Waals surface area contributed by atoms with Crippen molar-refractivity contribution in [2.45, 2.75) is 12.5 Å². The van der Waals surface area contributed by atoms with E-state index in [2.05, 4.69) is 41.6 Å². The summed E-state index contributed by atoms with van der Waals surface area (Å²) >= 11 is 6.64. The van der Waals surface area contributed by atoms with E-state index in [9.17, 15) is 4.79 Å². The first kappa shape index (κ1) is 12.6. The molecule has 0 amide bonds. The Balaban J connectivity index is 2.76. The third kappa shape index (κ3) is 3.55. The highest BCUT2D eigenvalue weighted by molar-refractivity contribution is 9.11. The average molecular weight is 338 g/mol. The van der Waals surface area contributed by atoms with Crippen molar-refractivity contribution in [2.24, 2.45) is 5.73 Å². The number of hydrogen-bond acceptors (Lipinski definition) is 4. The van der Waals surface area contributed by atoms with Crippen molar-refractivity contribution < 1.29 is 9.53 Å². The van der Waals surface area contributed by atoms with Crippen molar-refractivity contribution in [1.29, 1.82) is 0 Å². The Bertz CT molecular complexity index is 371. The zero-order chi connectivity index (χ0) is 11.4. The zero-order valence-corrected chi connectivity index (χ0v) is 11.2. The van der Waals surface area contributed by atoms with E-state index >= 15 is 0 Å². The molecule has 4 nitrogen and oxygen atoms in total. The molecule has 0 bridgehead atoms. The number of nitrogens with zero attached hydrogens (tertiary/aromatic N) is 1. The summed E-state index contributed by atoms with van der Waals surface area (Å²) in [6.45, 7) is 0. The Morgan fingerprint density at radius 1 is 1.67 bits per heavy atom. The molecule has 1 aromatic rings. The van der Waals surface area contributed by atoms with Gasteiger partial charge in [0.05, 0.1) is 12.8 Å². The van der Waals surface area contributed by atoms with E-state index in [1.165, 1.54) is 7.11 Å². The molecule has 0 spiro atoms. The molecule has 0 saturated heterocycles. The maximum absolute atomic E-state index is 11.1. The molecular weight excluding hydrogens is 328 g/mol. The fourth-order valence-corrected chi connectivity index (χ4v) is 2.19. The molecule has 1 atom stereocenters. The minimum atomic E-state index is -0.681. The minimum absolute atomic E-state index is 0.348. The first-order valence-electron chi connectivity index (χ1n) is 4.18. The largest absolute Gasteiger partial charge is 0.468 e. The van der Waals surface area contributed by atoms with Crippen molar-refractivity contribution in [2.75, 3.05) is 7.11 Å². The SMILES string of the molecule is COC(=O)C(N)Cc1ncc(Br)cc1Br. The summed E-state index contributed by atoms with van der Waals surface area (Å²) in [5.74, 6) is -0.438. The molecule has 1 aromatic heterocycles. The lowest BCUT2D eigenvalue weighted by Crippen LogP contribution is -2.34. The number of carbonyl (C=O) groups is 1. The lowest BCUT2D eigenvalue weighted by atomic mass is 10.1. The number of methoxy groups -OCH3 is 1. The molecule has 0 aliphatic rings. The van der Waals surface area contributed by atoms with Crippen LogP contribution in [-0.2, 0) is 16.0 Å². The van der Waals surface area contributed by atoms with Gasteiger partial charge in [-0.3, -0.25) is 9.78 Å². The Kier molecular flexibility index (Phi) is 4.69. The van der Waals surface area contributed by atoms with Crippen molar-refractivity contribution in [3.63, 3.8) is 0 Å². The van der Waals surface area contributed by atoms with E-state index in [1.54, 1.807) is 6.20 Å². The predicted octanol–water partition coefficient (Wildman–Crippen LogP) is 1.65. The van der Waals surface area contributed by atoms with E-state index < -0.39 is 12.0 Å². The van der Waals surface area contributed by atoms with Gasteiger partial charge in [-0.25, -0.2) is 0 Å². The molecular formula is C9H10Br2N2O2. The maximum Gasteiger partial charge on any atom is 0.323 e. The molecule has 0 fully saturated rings. The summed E-state index contributed by atoms with van der Waals surface area (Å²) in [6.07, 6.45) is 2.00. The second-order valence-corrected chi connectivity index (χ2v) is 4.69. The number of esters is 1. The summed E-state index contributed by atoms with van der Waals surface area (Å²) in [6, 6.07) is 1.17. The number of carbonyl (C=O) groups excluding carboxylic acids is 1. The first-order chi connectivity index (χ1) is 7.04. The van der Waals surface area contributed by atoms with Gasteiger partial charge in [-0.2, -0.15) is 0 Å². The topological polar surface area (TPSA) is 65.2 Å². The predicted molar refractivity (Wildman–Crippen MR) is 63.3 cm³/mol. The molecule has 0 aromatic carbocycles. The molecule has 0 saturated carbocycles. The number of nitrogens with two attached hydrogens (primary N) is 1. The van der Waals surface area contributed by atoms with Gasteiger partial charge in [0.25, 0.3) is 0 Å². The molecule has 1 heterocycles. The summed E-state index contributed by atoms with van der Waals surface area (Å²) in [5.41, 5.74) is 6.35. The monoisotopic (exact) mass is 336 g/mol. The standard InChI is InChI=1S/C9H10Br2N2O2/c1-15-9(14)7(12)3-8-6(11)2-5(10)4-13-8/h2,4,7H,3,12H2,1H3. The van der Waals surface area contributed by atoms with E-state index in [-0.39, 0.29) is 0 Å². The molecule has 0 aliphatic carbocycles. The van der Waals surface area contributed by atoms with Gasteiger partial charge >= 0.3 is 5.97 Å². The van der Waals surface area contributed by atoms with Gasteiger partial charge in [0.1, 0.15) is 6.04 Å². The molecule has 1 unspecified atom stereocenters. The second kappa shape index (κ2) is 5.58. The smallest absolute Gasteiger partial charge is 0.323 e. The number of ether oxygens (including phenoxy) is 1. The van der Waals surface area contributed by atoms with Crippen LogP contribution in [0, 0.1) is 0 Å². The van der Waals surface area contributed by atoms with Crippen molar-refractivity contribution in [3.05, 3.63) is 26.9 Å². The van der Waals surface area contributed by atoms with Crippen LogP contribution in [0.3, 0.4) is 0 Å². The van der Waals surface area contributed by atoms with Gasteiger partial charge in [-0.05, 0) is 37.9 Å². The number of aromatic nitrogens is 1. The van der Waals surface area contributed by atoms with Gasteiger partial charge in [0.2, 0.25) is 0 Å². The van der Waals surface area contributed by atoms with Crippen LogP contribution in [0.1, 0.15) is 5.69 Å². The fraction of sp³-hybridized carbons (Fsp3) is 0.333. The lowest BCUT2D eigenvalue weighted by Gasteiger charge is -2.09. The molecule has 82 valence electrons. The highest BCUT2D eigenvalue weighted by atomic mass is 79.9. The van der Waals surface area contributed by atoms with Crippen LogP contribution < -0.4 is 5.73 Å². The Hall–Kier alpha value is -0.460. The number of rotatable bonds is 3. The van der Waals surface area contributed by atoms with Crippen molar-refractivity contribution in [1.82, 2.24) is 4.98 Å². The molecule has 2 N–H and O–H groups in total. The third-order valence-electron chi connectivity index (χ3n) is 1.80. The molecule has 0 radical (unpaired) electrons. The van der Waals surface area contributed by atoms with Gasteiger partial charge < -0.3 is 10.5 Å². The summed E-state index contributed by atoms with van der Waals surface area (Å²) in [5, 5.41) is 0. The maximum atomic E-state index is 11.1. The number of hydrogen-bond donors (Lipinski definition) is 1. The van der Waals surface area contributed by atoms with Crippen molar-refractivity contribution in [3.8, 4) is 0 Å². The highest BCUT2D eigenvalue weighted by Crippen LogP contribution is 2.20. The summed E-state index contributed by atoms with van der Waals surface area (Å²) in [7, 11) is 1.31. The third-order valence-corrected chi connectivity index (χ3v) is 2.92. The normalized spacial score (nSPS) is 12.3.